The Morgan fingerprint density at radius 1 is 1.04 bits per heavy atom. The van der Waals surface area contributed by atoms with E-state index >= 15 is 0 Å². The summed E-state index contributed by atoms with van der Waals surface area (Å²) in [6, 6.07) is 15.6. The van der Waals surface area contributed by atoms with E-state index < -0.39 is 0 Å². The fraction of sp³-hybridized carbons (Fsp3) is 0.364. The SMILES string of the molecule is CN/C=C\C1c2c(C(C)c3ccccc3C)cccc2C1(C)C. The minimum atomic E-state index is 0.212. The average Bonchev–Trinajstić information content (AvgIpc) is 2.54. The van der Waals surface area contributed by atoms with Crippen LogP contribution in [0.1, 0.15) is 60.4 Å². The summed E-state index contributed by atoms with van der Waals surface area (Å²) >= 11 is 0. The molecule has 0 spiro atoms. The Bertz CT molecular complexity index is 739. The van der Waals surface area contributed by atoms with Gasteiger partial charge in [0.2, 0.25) is 0 Å². The van der Waals surface area contributed by atoms with Gasteiger partial charge < -0.3 is 5.32 Å². The molecule has 0 saturated carbocycles. The third-order valence-electron chi connectivity index (χ3n) is 5.50. The predicted molar refractivity (Wildman–Crippen MR) is 99.1 cm³/mol. The van der Waals surface area contributed by atoms with E-state index in [9.17, 15) is 0 Å². The summed E-state index contributed by atoms with van der Waals surface area (Å²) in [4.78, 5) is 0. The highest BCUT2D eigenvalue weighted by Crippen LogP contribution is 2.55. The summed E-state index contributed by atoms with van der Waals surface area (Å²) < 4.78 is 0. The van der Waals surface area contributed by atoms with Crippen LogP contribution in [0.2, 0.25) is 0 Å². The first-order chi connectivity index (χ1) is 11.0. The van der Waals surface area contributed by atoms with Crippen LogP contribution in [0, 0.1) is 6.92 Å². The highest BCUT2D eigenvalue weighted by atomic mass is 14.8. The van der Waals surface area contributed by atoms with E-state index in [0.29, 0.717) is 11.8 Å². The molecule has 1 nitrogen and oxygen atoms in total. The number of hydrogen-bond acceptors (Lipinski definition) is 1. The molecule has 0 aromatic heterocycles. The quantitative estimate of drug-likeness (QED) is 0.813. The van der Waals surface area contributed by atoms with E-state index in [2.05, 4.69) is 87.8 Å². The Labute approximate surface area is 140 Å². The first-order valence-electron chi connectivity index (χ1n) is 8.51. The summed E-state index contributed by atoms with van der Waals surface area (Å²) in [6.45, 7) is 9.25. The molecule has 1 aliphatic rings. The lowest BCUT2D eigenvalue weighted by molar-refractivity contribution is 0.396. The van der Waals surface area contributed by atoms with Crippen molar-refractivity contribution in [1.82, 2.24) is 5.32 Å². The highest BCUT2D eigenvalue weighted by molar-refractivity contribution is 5.58. The van der Waals surface area contributed by atoms with Gasteiger partial charge in [-0.1, -0.05) is 69.3 Å². The van der Waals surface area contributed by atoms with Gasteiger partial charge >= 0.3 is 0 Å². The van der Waals surface area contributed by atoms with E-state index in [1.54, 1.807) is 0 Å². The largest absolute Gasteiger partial charge is 0.394 e. The van der Waals surface area contributed by atoms with Gasteiger partial charge in [0.1, 0.15) is 0 Å². The number of aryl methyl sites for hydroxylation is 1. The second kappa shape index (κ2) is 5.88. The molecule has 1 N–H and O–H groups in total. The van der Waals surface area contributed by atoms with E-state index in [4.69, 9.17) is 0 Å². The molecule has 0 bridgehead atoms. The van der Waals surface area contributed by atoms with Crippen LogP contribution < -0.4 is 5.32 Å². The summed E-state index contributed by atoms with van der Waals surface area (Å²) in [5.41, 5.74) is 7.52. The standard InChI is InChI=1S/C22H27N/c1-15-9-6-7-10-17(15)16(2)18-11-8-12-19-21(18)20(13-14-23-5)22(19,3)4/h6-14,16,20,23H,1-5H3/b14-13-. The molecular weight excluding hydrogens is 278 g/mol. The molecule has 1 heteroatoms. The third kappa shape index (κ3) is 2.49. The molecule has 0 radical (unpaired) electrons. The minimum Gasteiger partial charge on any atom is -0.394 e. The van der Waals surface area contributed by atoms with Gasteiger partial charge in [-0.3, -0.25) is 0 Å². The first-order valence-corrected chi connectivity index (χ1v) is 8.51. The van der Waals surface area contributed by atoms with E-state index in [-0.39, 0.29) is 5.41 Å². The van der Waals surface area contributed by atoms with Crippen molar-refractivity contribution in [3.05, 3.63) is 82.6 Å². The smallest absolute Gasteiger partial charge is 0.0133 e. The molecule has 23 heavy (non-hydrogen) atoms. The Balaban J connectivity index is 2.08. The van der Waals surface area contributed by atoms with Crippen molar-refractivity contribution in [3.8, 4) is 0 Å². The Morgan fingerprint density at radius 2 is 1.74 bits per heavy atom. The molecule has 1 aliphatic carbocycles. The fourth-order valence-corrected chi connectivity index (χ4v) is 4.09. The number of allylic oxidation sites excluding steroid dienone is 1. The molecule has 0 fully saturated rings. The van der Waals surface area contributed by atoms with Crippen LogP contribution in [-0.4, -0.2) is 7.05 Å². The molecule has 0 saturated heterocycles. The number of rotatable bonds is 4. The van der Waals surface area contributed by atoms with Gasteiger partial charge in [0.15, 0.2) is 0 Å². The zero-order valence-electron chi connectivity index (χ0n) is 14.9. The van der Waals surface area contributed by atoms with Crippen molar-refractivity contribution >= 4 is 0 Å². The van der Waals surface area contributed by atoms with Gasteiger partial charge in [0.05, 0.1) is 0 Å². The predicted octanol–water partition coefficient (Wildman–Crippen LogP) is 5.25. The second-order valence-electron chi connectivity index (χ2n) is 7.23. The van der Waals surface area contributed by atoms with Crippen molar-refractivity contribution in [2.45, 2.75) is 44.9 Å². The zero-order chi connectivity index (χ0) is 16.6. The Hall–Kier alpha value is -2.02. The maximum atomic E-state index is 3.14. The van der Waals surface area contributed by atoms with E-state index in [1.165, 1.54) is 27.8 Å². The van der Waals surface area contributed by atoms with Gasteiger partial charge in [-0.15, -0.1) is 0 Å². The molecule has 2 aromatic rings. The van der Waals surface area contributed by atoms with Crippen molar-refractivity contribution in [2.24, 2.45) is 0 Å². The lowest BCUT2D eigenvalue weighted by Crippen LogP contribution is -2.39. The monoisotopic (exact) mass is 305 g/mol. The molecule has 2 aromatic carbocycles. The molecule has 120 valence electrons. The highest BCUT2D eigenvalue weighted by Gasteiger charge is 2.44. The van der Waals surface area contributed by atoms with Gasteiger partial charge in [-0.05, 0) is 40.9 Å². The van der Waals surface area contributed by atoms with Crippen LogP contribution in [0.25, 0.3) is 0 Å². The number of hydrogen-bond donors (Lipinski definition) is 1. The molecule has 0 aliphatic heterocycles. The van der Waals surface area contributed by atoms with Crippen LogP contribution in [0.5, 0.6) is 0 Å². The normalized spacial score (nSPS) is 20.0. The maximum absolute atomic E-state index is 3.14. The summed E-state index contributed by atoms with van der Waals surface area (Å²) in [7, 11) is 1.96. The molecule has 0 amide bonds. The van der Waals surface area contributed by atoms with Crippen molar-refractivity contribution in [1.29, 1.82) is 0 Å². The van der Waals surface area contributed by atoms with Gasteiger partial charge in [-0.25, -0.2) is 0 Å². The van der Waals surface area contributed by atoms with Gasteiger partial charge in [-0.2, -0.15) is 0 Å². The molecule has 2 unspecified atom stereocenters. The summed E-state index contributed by atoms with van der Waals surface area (Å²) in [5.74, 6) is 0.903. The topological polar surface area (TPSA) is 12.0 Å². The van der Waals surface area contributed by atoms with Gasteiger partial charge in [0.25, 0.3) is 0 Å². The van der Waals surface area contributed by atoms with E-state index in [0.717, 1.165) is 0 Å². The minimum absolute atomic E-state index is 0.212. The van der Waals surface area contributed by atoms with Crippen LogP contribution in [0.4, 0.5) is 0 Å². The molecule has 3 rings (SSSR count). The van der Waals surface area contributed by atoms with E-state index in [1.807, 2.05) is 7.05 Å². The van der Waals surface area contributed by atoms with Crippen LogP contribution in [-0.2, 0) is 5.41 Å². The molecule has 2 atom stereocenters. The zero-order valence-corrected chi connectivity index (χ0v) is 14.9. The fourth-order valence-electron chi connectivity index (χ4n) is 4.09. The van der Waals surface area contributed by atoms with Crippen LogP contribution in [0.3, 0.4) is 0 Å². The van der Waals surface area contributed by atoms with Crippen molar-refractivity contribution < 1.29 is 0 Å². The average molecular weight is 305 g/mol. The number of fused-ring (bicyclic) bond motifs is 1. The number of benzene rings is 2. The molecular formula is C22H27N. The first kappa shape index (κ1) is 15.9. The lowest BCUT2D eigenvalue weighted by atomic mass is 9.56. The van der Waals surface area contributed by atoms with Crippen molar-refractivity contribution in [3.63, 3.8) is 0 Å². The summed E-state index contributed by atoms with van der Waals surface area (Å²) in [6.07, 6.45) is 4.39. The van der Waals surface area contributed by atoms with Crippen molar-refractivity contribution in [2.75, 3.05) is 7.05 Å². The van der Waals surface area contributed by atoms with Gasteiger partial charge in [0, 0.05) is 24.3 Å². The van der Waals surface area contributed by atoms with Crippen LogP contribution in [0.15, 0.2) is 54.7 Å². The molecule has 0 heterocycles. The van der Waals surface area contributed by atoms with Crippen LogP contribution >= 0.6 is 0 Å². The Kier molecular flexibility index (Phi) is 4.06. The number of nitrogens with one attached hydrogen (secondary N) is 1. The maximum Gasteiger partial charge on any atom is 0.0133 e. The third-order valence-corrected chi connectivity index (χ3v) is 5.50. The Morgan fingerprint density at radius 3 is 2.43 bits per heavy atom. The summed E-state index contributed by atoms with van der Waals surface area (Å²) in [5, 5.41) is 3.14. The lowest BCUT2D eigenvalue weighted by Gasteiger charge is -2.47. The second-order valence-corrected chi connectivity index (χ2v) is 7.23.